The highest BCUT2D eigenvalue weighted by atomic mass is 32.2. The zero-order valence-corrected chi connectivity index (χ0v) is 13.5. The van der Waals surface area contributed by atoms with Crippen LogP contribution in [-0.2, 0) is 9.84 Å². The summed E-state index contributed by atoms with van der Waals surface area (Å²) >= 11 is 1.11. The molecule has 0 spiro atoms. The van der Waals surface area contributed by atoms with Crippen LogP contribution >= 0.6 is 11.8 Å². The molecule has 0 amide bonds. The zero-order valence-electron chi connectivity index (χ0n) is 11.8. The first-order valence-electron chi connectivity index (χ1n) is 6.97. The molecule has 1 aromatic carbocycles. The lowest BCUT2D eigenvalue weighted by molar-refractivity contribution is 0.207. The first-order valence-corrected chi connectivity index (χ1v) is 9.67. The molecule has 1 saturated heterocycles. The molecule has 3 aromatic rings. The number of nitrogens with one attached hydrogen (secondary N) is 1. The lowest BCUT2D eigenvalue weighted by Crippen LogP contribution is -2.19. The molecule has 1 aliphatic rings. The van der Waals surface area contributed by atoms with Crippen LogP contribution in [0.1, 0.15) is 0 Å². The Morgan fingerprint density at radius 1 is 1.26 bits per heavy atom. The van der Waals surface area contributed by atoms with Gasteiger partial charge in [-0.15, -0.1) is 10.2 Å². The molecule has 2 atom stereocenters. The molecule has 1 aliphatic heterocycles. The van der Waals surface area contributed by atoms with Gasteiger partial charge in [0.25, 0.3) is 11.1 Å². The molecule has 7 nitrogen and oxygen atoms in total. The number of benzene rings is 1. The minimum absolute atomic E-state index is 0.0797. The molecular formula is C14H13N3O4S2. The van der Waals surface area contributed by atoms with Gasteiger partial charge in [-0.3, -0.25) is 0 Å². The van der Waals surface area contributed by atoms with E-state index in [4.69, 9.17) is 4.42 Å². The number of sulfone groups is 1. The van der Waals surface area contributed by atoms with Crippen molar-refractivity contribution in [2.24, 2.45) is 0 Å². The molecule has 2 N–H and O–H groups in total. The van der Waals surface area contributed by atoms with Gasteiger partial charge in [-0.05, 0) is 6.07 Å². The number of nitrogens with zero attached hydrogens (tertiary/aromatic N) is 2. The Morgan fingerprint density at radius 3 is 2.87 bits per heavy atom. The number of aromatic amines is 1. The van der Waals surface area contributed by atoms with E-state index in [-0.39, 0.29) is 16.7 Å². The highest BCUT2D eigenvalue weighted by Gasteiger charge is 2.38. The van der Waals surface area contributed by atoms with Crippen LogP contribution in [0.4, 0.5) is 0 Å². The number of hydrogen-bond acceptors (Lipinski definition) is 7. The van der Waals surface area contributed by atoms with E-state index >= 15 is 0 Å². The fraction of sp³-hybridized carbons (Fsp3) is 0.286. The summed E-state index contributed by atoms with van der Waals surface area (Å²) in [6.45, 7) is 0. The van der Waals surface area contributed by atoms with Gasteiger partial charge in [0.15, 0.2) is 9.84 Å². The maximum atomic E-state index is 11.5. The van der Waals surface area contributed by atoms with Crippen molar-refractivity contribution >= 4 is 32.5 Å². The smallest absolute Gasteiger partial charge is 0.277 e. The average molecular weight is 351 g/mol. The lowest BCUT2D eigenvalue weighted by Gasteiger charge is -2.07. The van der Waals surface area contributed by atoms with Crippen LogP contribution in [0.2, 0.25) is 0 Å². The van der Waals surface area contributed by atoms with Gasteiger partial charge in [0.05, 0.1) is 28.4 Å². The van der Waals surface area contributed by atoms with Gasteiger partial charge in [-0.1, -0.05) is 30.0 Å². The first kappa shape index (κ1) is 14.7. The molecule has 120 valence electrons. The fourth-order valence-electron chi connectivity index (χ4n) is 2.65. The van der Waals surface area contributed by atoms with Crippen molar-refractivity contribution in [3.63, 3.8) is 0 Å². The summed E-state index contributed by atoms with van der Waals surface area (Å²) in [5.41, 5.74) is 1.76. The molecule has 0 bridgehead atoms. The first-order chi connectivity index (χ1) is 11.0. The van der Waals surface area contributed by atoms with Crippen molar-refractivity contribution in [1.29, 1.82) is 0 Å². The van der Waals surface area contributed by atoms with Crippen molar-refractivity contribution in [1.82, 2.24) is 15.2 Å². The summed E-state index contributed by atoms with van der Waals surface area (Å²) in [4.78, 5) is 3.13. The molecule has 1 fully saturated rings. The molecule has 2 aromatic heterocycles. The van der Waals surface area contributed by atoms with Gasteiger partial charge in [0.1, 0.15) is 0 Å². The lowest BCUT2D eigenvalue weighted by atomic mass is 10.2. The Labute approximate surface area is 136 Å². The SMILES string of the molecule is O=S1(=O)C[C@H](Sc2nnc(-c3c[nH]c4ccccc34)o2)[C@@H](O)C1. The Hall–Kier alpha value is -1.84. The van der Waals surface area contributed by atoms with Crippen molar-refractivity contribution in [2.45, 2.75) is 16.6 Å². The van der Waals surface area contributed by atoms with Crippen molar-refractivity contribution < 1.29 is 17.9 Å². The molecule has 0 radical (unpaired) electrons. The molecule has 4 rings (SSSR count). The monoisotopic (exact) mass is 351 g/mol. The van der Waals surface area contributed by atoms with E-state index in [9.17, 15) is 13.5 Å². The van der Waals surface area contributed by atoms with Gasteiger partial charge in [-0.25, -0.2) is 8.42 Å². The Morgan fingerprint density at radius 2 is 2.09 bits per heavy atom. The number of rotatable bonds is 3. The van der Waals surface area contributed by atoms with Crippen LogP contribution in [-0.4, -0.2) is 51.6 Å². The van der Waals surface area contributed by atoms with Crippen LogP contribution in [0.5, 0.6) is 0 Å². The van der Waals surface area contributed by atoms with Crippen molar-refractivity contribution in [3.05, 3.63) is 30.5 Å². The van der Waals surface area contributed by atoms with Crippen LogP contribution in [0.25, 0.3) is 22.4 Å². The minimum Gasteiger partial charge on any atom is -0.411 e. The van der Waals surface area contributed by atoms with E-state index in [0.717, 1.165) is 28.2 Å². The predicted octanol–water partition coefficient (Wildman–Crippen LogP) is 1.47. The quantitative estimate of drug-likeness (QED) is 0.735. The number of H-pyrrole nitrogens is 1. The number of aliphatic hydroxyl groups excluding tert-OH is 1. The Kier molecular flexibility index (Phi) is 3.43. The van der Waals surface area contributed by atoms with Crippen molar-refractivity contribution in [2.75, 3.05) is 11.5 Å². The normalized spacial score (nSPS) is 23.5. The molecule has 0 saturated carbocycles. The summed E-state index contributed by atoms with van der Waals surface area (Å²) in [6, 6.07) is 7.75. The fourth-order valence-corrected chi connectivity index (χ4v) is 6.01. The average Bonchev–Trinajstić information content (AvgIpc) is 3.17. The third-order valence-electron chi connectivity index (χ3n) is 3.75. The van der Waals surface area contributed by atoms with Crippen LogP contribution in [0.3, 0.4) is 0 Å². The summed E-state index contributed by atoms with van der Waals surface area (Å²) in [6.07, 6.45) is 0.884. The molecule has 0 unspecified atom stereocenters. The highest BCUT2D eigenvalue weighted by molar-refractivity contribution is 8.01. The van der Waals surface area contributed by atoms with Gasteiger partial charge >= 0.3 is 0 Å². The standard InChI is InChI=1S/C14H13N3O4S2/c18-11-6-23(19,20)7-12(11)22-14-17-16-13(21-14)9-5-15-10-4-2-1-3-8(9)10/h1-5,11-12,15,18H,6-7H2/t11-,12-/m0/s1. The van der Waals surface area contributed by atoms with E-state index in [2.05, 4.69) is 15.2 Å². The van der Waals surface area contributed by atoms with Gasteiger partial charge in [0, 0.05) is 17.1 Å². The van der Waals surface area contributed by atoms with Gasteiger partial charge < -0.3 is 14.5 Å². The summed E-state index contributed by atoms with van der Waals surface area (Å²) in [5, 5.41) is 18.5. The van der Waals surface area contributed by atoms with Gasteiger partial charge in [-0.2, -0.15) is 0 Å². The molecule has 3 heterocycles. The number of aliphatic hydroxyl groups is 1. The topological polar surface area (TPSA) is 109 Å². The number of para-hydroxylation sites is 1. The molecule has 0 aliphatic carbocycles. The zero-order chi connectivity index (χ0) is 16.0. The van der Waals surface area contributed by atoms with E-state index in [1.807, 2.05) is 24.3 Å². The summed E-state index contributed by atoms with van der Waals surface area (Å²) < 4.78 is 28.7. The van der Waals surface area contributed by atoms with E-state index in [1.54, 1.807) is 6.20 Å². The third kappa shape index (κ3) is 2.75. The molecule has 9 heteroatoms. The second-order valence-corrected chi connectivity index (χ2v) is 8.77. The number of aromatic nitrogens is 3. The number of fused-ring (bicyclic) bond motifs is 1. The van der Waals surface area contributed by atoms with E-state index in [0.29, 0.717) is 5.89 Å². The number of hydrogen-bond donors (Lipinski definition) is 2. The van der Waals surface area contributed by atoms with E-state index < -0.39 is 21.2 Å². The molecule has 23 heavy (non-hydrogen) atoms. The molecular weight excluding hydrogens is 338 g/mol. The summed E-state index contributed by atoms with van der Waals surface area (Å²) in [7, 11) is -3.20. The predicted molar refractivity (Wildman–Crippen MR) is 85.9 cm³/mol. The number of thioether (sulfide) groups is 1. The van der Waals surface area contributed by atoms with Crippen LogP contribution < -0.4 is 0 Å². The Bertz CT molecular complexity index is 963. The van der Waals surface area contributed by atoms with Crippen LogP contribution in [0, 0.1) is 0 Å². The second kappa shape index (κ2) is 5.36. The van der Waals surface area contributed by atoms with Crippen molar-refractivity contribution in [3.8, 4) is 11.5 Å². The highest BCUT2D eigenvalue weighted by Crippen LogP contribution is 2.33. The summed E-state index contributed by atoms with van der Waals surface area (Å²) in [5.74, 6) is 0.0675. The van der Waals surface area contributed by atoms with Crippen LogP contribution in [0.15, 0.2) is 40.1 Å². The largest absolute Gasteiger partial charge is 0.411 e. The second-order valence-electron chi connectivity index (χ2n) is 5.42. The maximum absolute atomic E-state index is 11.5. The van der Waals surface area contributed by atoms with Gasteiger partial charge in [0.2, 0.25) is 0 Å². The minimum atomic E-state index is -3.20. The Balaban J connectivity index is 1.60. The maximum Gasteiger partial charge on any atom is 0.277 e. The van der Waals surface area contributed by atoms with E-state index in [1.165, 1.54) is 0 Å². The third-order valence-corrected chi connectivity index (χ3v) is 6.83.